The molecule has 0 spiro atoms. The Labute approximate surface area is 166 Å². The summed E-state index contributed by atoms with van der Waals surface area (Å²) in [6.45, 7) is 1.89. The number of anilines is 1. The number of nitrogens with zero attached hydrogens (tertiary/aromatic N) is 2. The lowest BCUT2D eigenvalue weighted by atomic mass is 9.92. The number of likely N-dealkylation sites (tertiary alicyclic amines) is 1. The Morgan fingerprint density at radius 1 is 1.11 bits per heavy atom. The van der Waals surface area contributed by atoms with E-state index in [1.807, 2.05) is 11.0 Å². The van der Waals surface area contributed by atoms with Crippen LogP contribution in [0.1, 0.15) is 49.7 Å². The molecule has 4 rings (SSSR count). The molecule has 2 aliphatic heterocycles. The van der Waals surface area contributed by atoms with E-state index in [0.717, 1.165) is 44.3 Å². The fraction of sp³-hybridized carbons (Fsp3) is 0.591. The SMILES string of the molecule is NC(=O)CCC1CCCN(C(=O)C2CC(=O)N(c3ccc4c(c3)CCC4)C2)C1. The number of benzene rings is 1. The lowest BCUT2D eigenvalue weighted by molar-refractivity contribution is -0.137. The summed E-state index contributed by atoms with van der Waals surface area (Å²) in [5.74, 6) is -0.0973. The van der Waals surface area contributed by atoms with Crippen LogP contribution in [0.5, 0.6) is 0 Å². The van der Waals surface area contributed by atoms with Gasteiger partial charge in [0.05, 0.1) is 5.92 Å². The molecule has 2 unspecified atom stereocenters. The molecule has 6 heteroatoms. The van der Waals surface area contributed by atoms with Crippen molar-refractivity contribution < 1.29 is 14.4 Å². The van der Waals surface area contributed by atoms with Crippen LogP contribution in [0.2, 0.25) is 0 Å². The van der Waals surface area contributed by atoms with E-state index in [1.54, 1.807) is 4.90 Å². The summed E-state index contributed by atoms with van der Waals surface area (Å²) in [5.41, 5.74) is 8.92. The fourth-order valence-corrected chi connectivity index (χ4v) is 4.95. The molecular formula is C22H29N3O3. The van der Waals surface area contributed by atoms with E-state index in [0.29, 0.717) is 31.8 Å². The molecule has 6 nitrogen and oxygen atoms in total. The quantitative estimate of drug-likeness (QED) is 0.844. The summed E-state index contributed by atoms with van der Waals surface area (Å²) in [7, 11) is 0. The minimum absolute atomic E-state index is 0.0404. The second-order valence-corrected chi connectivity index (χ2v) is 8.51. The maximum Gasteiger partial charge on any atom is 0.228 e. The highest BCUT2D eigenvalue weighted by Gasteiger charge is 2.38. The van der Waals surface area contributed by atoms with Gasteiger partial charge in [0.1, 0.15) is 0 Å². The van der Waals surface area contributed by atoms with Crippen molar-refractivity contribution in [3.05, 3.63) is 29.3 Å². The highest BCUT2D eigenvalue weighted by Crippen LogP contribution is 2.32. The normalized spacial score (nSPS) is 24.5. The van der Waals surface area contributed by atoms with Gasteiger partial charge in [0.15, 0.2) is 0 Å². The maximum atomic E-state index is 13.0. The van der Waals surface area contributed by atoms with Gasteiger partial charge in [-0.3, -0.25) is 14.4 Å². The standard InChI is InChI=1S/C22H29N3O3/c23-20(26)9-6-15-3-2-10-24(13-15)22(28)18-12-21(27)25(14-18)19-8-7-16-4-1-5-17(16)11-19/h7-8,11,15,18H,1-6,9-10,12-14H2,(H2,23,26). The second kappa shape index (κ2) is 7.94. The minimum Gasteiger partial charge on any atom is -0.370 e. The van der Waals surface area contributed by atoms with Gasteiger partial charge in [-0.25, -0.2) is 0 Å². The molecule has 0 radical (unpaired) electrons. The largest absolute Gasteiger partial charge is 0.370 e. The molecule has 0 saturated carbocycles. The van der Waals surface area contributed by atoms with Gasteiger partial charge < -0.3 is 15.5 Å². The molecule has 1 aromatic carbocycles. The van der Waals surface area contributed by atoms with Gasteiger partial charge >= 0.3 is 0 Å². The molecule has 1 aromatic rings. The number of nitrogens with two attached hydrogens (primary N) is 1. The number of hydrogen-bond acceptors (Lipinski definition) is 3. The van der Waals surface area contributed by atoms with Crippen LogP contribution in [0.15, 0.2) is 18.2 Å². The molecule has 2 atom stereocenters. The first-order valence-corrected chi connectivity index (χ1v) is 10.5. The number of hydrogen-bond donors (Lipinski definition) is 1. The lowest BCUT2D eigenvalue weighted by Gasteiger charge is -2.34. The van der Waals surface area contributed by atoms with Crippen LogP contribution in [0.4, 0.5) is 5.69 Å². The van der Waals surface area contributed by atoms with Crippen molar-refractivity contribution in [2.45, 2.75) is 51.4 Å². The van der Waals surface area contributed by atoms with E-state index in [9.17, 15) is 14.4 Å². The fourth-order valence-electron chi connectivity index (χ4n) is 4.95. The Hall–Kier alpha value is -2.37. The molecule has 2 saturated heterocycles. The lowest BCUT2D eigenvalue weighted by Crippen LogP contribution is -2.43. The number of rotatable bonds is 5. The maximum absolute atomic E-state index is 13.0. The van der Waals surface area contributed by atoms with Gasteiger partial charge in [-0.1, -0.05) is 6.07 Å². The number of aryl methyl sites for hydroxylation is 2. The van der Waals surface area contributed by atoms with Gasteiger partial charge in [-0.05, 0) is 67.7 Å². The molecule has 3 aliphatic rings. The van der Waals surface area contributed by atoms with Crippen molar-refractivity contribution >= 4 is 23.4 Å². The molecule has 3 amide bonds. The first-order valence-electron chi connectivity index (χ1n) is 10.5. The smallest absolute Gasteiger partial charge is 0.228 e. The highest BCUT2D eigenvalue weighted by atomic mass is 16.2. The monoisotopic (exact) mass is 383 g/mol. The number of carbonyl (C=O) groups excluding carboxylic acids is 3. The van der Waals surface area contributed by atoms with E-state index >= 15 is 0 Å². The number of carbonyl (C=O) groups is 3. The van der Waals surface area contributed by atoms with E-state index in [4.69, 9.17) is 5.73 Å². The summed E-state index contributed by atoms with van der Waals surface area (Å²) in [6.07, 6.45) is 6.76. The molecule has 1 aliphatic carbocycles. The van der Waals surface area contributed by atoms with E-state index in [-0.39, 0.29) is 23.6 Å². The predicted octanol–water partition coefficient (Wildman–Crippen LogP) is 2.03. The summed E-state index contributed by atoms with van der Waals surface area (Å²) < 4.78 is 0. The van der Waals surface area contributed by atoms with Crippen LogP contribution in [-0.2, 0) is 27.2 Å². The van der Waals surface area contributed by atoms with Gasteiger partial charge in [-0.15, -0.1) is 0 Å². The zero-order valence-electron chi connectivity index (χ0n) is 16.4. The molecule has 2 fully saturated rings. The molecule has 0 bridgehead atoms. The van der Waals surface area contributed by atoms with Crippen molar-refractivity contribution in [2.75, 3.05) is 24.5 Å². The van der Waals surface area contributed by atoms with Crippen LogP contribution < -0.4 is 10.6 Å². The second-order valence-electron chi connectivity index (χ2n) is 8.51. The Morgan fingerprint density at radius 3 is 2.75 bits per heavy atom. The minimum atomic E-state index is -0.283. The van der Waals surface area contributed by atoms with Crippen LogP contribution >= 0.6 is 0 Å². The molecule has 2 N–H and O–H groups in total. The zero-order chi connectivity index (χ0) is 19.7. The van der Waals surface area contributed by atoms with E-state index in [1.165, 1.54) is 17.5 Å². The Kier molecular flexibility index (Phi) is 5.38. The molecule has 2 heterocycles. The average Bonchev–Trinajstić information content (AvgIpc) is 3.31. The van der Waals surface area contributed by atoms with Crippen molar-refractivity contribution in [1.82, 2.24) is 4.90 Å². The third kappa shape index (κ3) is 3.91. The van der Waals surface area contributed by atoms with Crippen LogP contribution in [0, 0.1) is 11.8 Å². The summed E-state index contributed by atoms with van der Waals surface area (Å²) in [6, 6.07) is 6.29. The van der Waals surface area contributed by atoms with Gasteiger partial charge in [0.2, 0.25) is 17.7 Å². The molecule has 150 valence electrons. The van der Waals surface area contributed by atoms with Crippen molar-refractivity contribution in [3.63, 3.8) is 0 Å². The number of fused-ring (bicyclic) bond motifs is 1. The topological polar surface area (TPSA) is 83.7 Å². The number of amides is 3. The van der Waals surface area contributed by atoms with Gasteiger partial charge in [-0.2, -0.15) is 0 Å². The zero-order valence-corrected chi connectivity index (χ0v) is 16.4. The van der Waals surface area contributed by atoms with E-state index in [2.05, 4.69) is 12.1 Å². The Morgan fingerprint density at radius 2 is 1.93 bits per heavy atom. The molecule has 0 aromatic heterocycles. The van der Waals surface area contributed by atoms with Crippen LogP contribution in [0.25, 0.3) is 0 Å². The van der Waals surface area contributed by atoms with Gasteiger partial charge in [0, 0.05) is 38.2 Å². The number of primary amides is 1. The van der Waals surface area contributed by atoms with Crippen molar-refractivity contribution in [1.29, 1.82) is 0 Å². The average molecular weight is 383 g/mol. The third-order valence-corrected chi connectivity index (χ3v) is 6.50. The van der Waals surface area contributed by atoms with Crippen LogP contribution in [-0.4, -0.2) is 42.3 Å². The summed E-state index contributed by atoms with van der Waals surface area (Å²) >= 11 is 0. The number of piperidine rings is 1. The summed E-state index contributed by atoms with van der Waals surface area (Å²) in [4.78, 5) is 40.4. The first kappa shape index (κ1) is 19.0. The Bertz CT molecular complexity index is 791. The third-order valence-electron chi connectivity index (χ3n) is 6.50. The molecular weight excluding hydrogens is 354 g/mol. The molecule has 28 heavy (non-hydrogen) atoms. The van der Waals surface area contributed by atoms with Gasteiger partial charge in [0.25, 0.3) is 0 Å². The summed E-state index contributed by atoms with van der Waals surface area (Å²) in [5, 5.41) is 0. The van der Waals surface area contributed by atoms with Crippen molar-refractivity contribution in [2.24, 2.45) is 17.6 Å². The highest BCUT2D eigenvalue weighted by molar-refractivity contribution is 6.00. The Balaban J connectivity index is 1.39. The first-order chi connectivity index (χ1) is 13.5. The van der Waals surface area contributed by atoms with Crippen LogP contribution in [0.3, 0.4) is 0 Å². The predicted molar refractivity (Wildman–Crippen MR) is 107 cm³/mol. The van der Waals surface area contributed by atoms with E-state index < -0.39 is 0 Å². The van der Waals surface area contributed by atoms with Crippen molar-refractivity contribution in [3.8, 4) is 0 Å².